The van der Waals surface area contributed by atoms with Gasteiger partial charge in [0.15, 0.2) is 17.3 Å². The fourth-order valence-electron chi connectivity index (χ4n) is 5.53. The molecular formula is C42H52N2O10. The summed E-state index contributed by atoms with van der Waals surface area (Å²) in [6.45, 7) is 10.9. The van der Waals surface area contributed by atoms with Crippen molar-refractivity contribution in [2.45, 2.75) is 104 Å². The number of esters is 2. The minimum absolute atomic E-state index is 0.00530. The van der Waals surface area contributed by atoms with Gasteiger partial charge < -0.3 is 38.4 Å². The molecule has 2 aromatic rings. The summed E-state index contributed by atoms with van der Waals surface area (Å²) in [6.07, 6.45) is 26.2. The van der Waals surface area contributed by atoms with Gasteiger partial charge in [0.1, 0.15) is 36.9 Å². The standard InChI is InChI=1S/C42H52N2O10/c1-7-17-33(46)41(3,4)35-22-13-11-9-10-12-19-28(45)25-38-44-30(27-51-38)40(49)54-36(42(5,6)34(47)18-8-2)23-16-21-32-31(52-32)20-14-15-24-37-43-29(26-50-37)39(48)53-35/h7-21,24,26-28,31-36,45-47H,22-23,25H2,1-6H3. The Kier molecular flexibility index (Phi) is 15.1. The first kappa shape index (κ1) is 41.9. The third-order valence-electron chi connectivity index (χ3n) is 9.35. The molecule has 4 rings (SSSR count). The number of rotatable bonds is 6. The van der Waals surface area contributed by atoms with Gasteiger partial charge in [-0.25, -0.2) is 19.6 Å². The Morgan fingerprint density at radius 3 is 1.93 bits per heavy atom. The minimum Gasteiger partial charge on any atom is -0.457 e. The molecule has 0 radical (unpaired) electrons. The monoisotopic (exact) mass is 744 g/mol. The number of allylic oxidation sites excluding steroid dienone is 8. The van der Waals surface area contributed by atoms with Crippen molar-refractivity contribution in [2.75, 3.05) is 0 Å². The highest BCUT2D eigenvalue weighted by Crippen LogP contribution is 2.34. The lowest BCUT2D eigenvalue weighted by Crippen LogP contribution is -2.42. The van der Waals surface area contributed by atoms with E-state index in [1.807, 2.05) is 52.0 Å². The second-order valence-corrected chi connectivity index (χ2v) is 14.2. The van der Waals surface area contributed by atoms with Gasteiger partial charge in [-0.1, -0.05) is 119 Å². The van der Waals surface area contributed by atoms with Gasteiger partial charge in [0.25, 0.3) is 0 Å². The quantitative estimate of drug-likeness (QED) is 0.164. The Morgan fingerprint density at radius 2 is 1.28 bits per heavy atom. The average molecular weight is 745 g/mol. The summed E-state index contributed by atoms with van der Waals surface area (Å²) in [6, 6.07) is 0. The zero-order chi connectivity index (χ0) is 39.3. The Morgan fingerprint density at radius 1 is 0.722 bits per heavy atom. The molecule has 3 N–H and O–H groups in total. The zero-order valence-corrected chi connectivity index (χ0v) is 31.6. The van der Waals surface area contributed by atoms with Gasteiger partial charge in [0.2, 0.25) is 5.89 Å². The van der Waals surface area contributed by atoms with Crippen LogP contribution in [0.2, 0.25) is 0 Å². The smallest absolute Gasteiger partial charge is 0.360 e. The lowest BCUT2D eigenvalue weighted by atomic mass is 9.79. The number of aliphatic hydroxyl groups is 3. The highest BCUT2D eigenvalue weighted by molar-refractivity contribution is 5.87. The molecule has 0 saturated carbocycles. The molecule has 1 saturated heterocycles. The number of epoxide rings is 1. The number of aromatic nitrogens is 2. The van der Waals surface area contributed by atoms with E-state index in [9.17, 15) is 24.9 Å². The normalized spacial score (nSPS) is 25.0. The van der Waals surface area contributed by atoms with Crippen molar-refractivity contribution in [2.24, 2.45) is 10.8 Å². The first-order chi connectivity index (χ1) is 25.8. The summed E-state index contributed by atoms with van der Waals surface area (Å²) in [7, 11) is 0. The molecule has 0 amide bonds. The van der Waals surface area contributed by atoms with Crippen molar-refractivity contribution in [1.82, 2.24) is 9.97 Å². The number of fused-ring (bicyclic) bond motifs is 5. The minimum atomic E-state index is -0.956. The molecule has 0 aromatic carbocycles. The molecule has 0 spiro atoms. The topological polar surface area (TPSA) is 178 Å². The predicted octanol–water partition coefficient (Wildman–Crippen LogP) is 6.60. The van der Waals surface area contributed by atoms with E-state index in [0.717, 1.165) is 0 Å². The van der Waals surface area contributed by atoms with Crippen LogP contribution >= 0.6 is 0 Å². The molecule has 54 heavy (non-hydrogen) atoms. The average Bonchev–Trinajstić information content (AvgIpc) is 3.45. The van der Waals surface area contributed by atoms with E-state index < -0.39 is 53.3 Å². The zero-order valence-electron chi connectivity index (χ0n) is 31.6. The maximum Gasteiger partial charge on any atom is 0.360 e. The largest absolute Gasteiger partial charge is 0.457 e. The number of hydrogen-bond acceptors (Lipinski definition) is 12. The van der Waals surface area contributed by atoms with Crippen LogP contribution in [0.4, 0.5) is 0 Å². The first-order valence-corrected chi connectivity index (χ1v) is 18.0. The van der Waals surface area contributed by atoms with Crippen molar-refractivity contribution >= 4 is 18.0 Å². The van der Waals surface area contributed by atoms with Crippen molar-refractivity contribution in [3.05, 3.63) is 127 Å². The van der Waals surface area contributed by atoms with E-state index in [1.54, 1.807) is 86.8 Å². The van der Waals surface area contributed by atoms with E-state index in [2.05, 4.69) is 9.97 Å². The number of oxazole rings is 2. The highest BCUT2D eigenvalue weighted by atomic mass is 16.6. The summed E-state index contributed by atoms with van der Waals surface area (Å²) in [5.41, 5.74) is -1.77. The molecule has 290 valence electrons. The summed E-state index contributed by atoms with van der Waals surface area (Å²) < 4.78 is 28.5. The molecule has 4 heterocycles. The number of carbonyl (C=O) groups is 2. The fourth-order valence-corrected chi connectivity index (χ4v) is 5.53. The molecule has 2 aliphatic heterocycles. The lowest BCUT2D eigenvalue weighted by molar-refractivity contribution is -0.0461. The molecule has 2 aliphatic rings. The van der Waals surface area contributed by atoms with E-state index in [1.165, 1.54) is 12.5 Å². The van der Waals surface area contributed by atoms with Gasteiger partial charge in [-0.05, 0) is 13.8 Å². The van der Waals surface area contributed by atoms with Crippen LogP contribution in [0.1, 0.15) is 87.1 Å². The molecule has 7 unspecified atom stereocenters. The lowest BCUT2D eigenvalue weighted by Gasteiger charge is -2.36. The number of hydrogen-bond donors (Lipinski definition) is 3. The predicted molar refractivity (Wildman–Crippen MR) is 203 cm³/mol. The van der Waals surface area contributed by atoms with Gasteiger partial charge in [-0.2, -0.15) is 0 Å². The second kappa shape index (κ2) is 19.4. The number of cyclic esters (lactones) is 2. The van der Waals surface area contributed by atoms with E-state index in [0.29, 0.717) is 12.8 Å². The maximum absolute atomic E-state index is 13.2. The molecule has 12 nitrogen and oxygen atoms in total. The summed E-state index contributed by atoms with van der Waals surface area (Å²) in [4.78, 5) is 34.9. The Balaban J connectivity index is 1.56. The van der Waals surface area contributed by atoms with Crippen LogP contribution in [-0.2, 0) is 20.6 Å². The van der Waals surface area contributed by atoms with Gasteiger partial charge >= 0.3 is 11.9 Å². The van der Waals surface area contributed by atoms with Crippen molar-refractivity contribution < 1.29 is 48.0 Å². The molecule has 0 aliphatic carbocycles. The molecule has 2 aromatic heterocycles. The molecular weight excluding hydrogens is 692 g/mol. The van der Waals surface area contributed by atoms with Gasteiger partial charge in [0.05, 0.1) is 24.7 Å². The first-order valence-electron chi connectivity index (χ1n) is 18.0. The van der Waals surface area contributed by atoms with Crippen LogP contribution in [-0.4, -0.2) is 80.0 Å². The number of nitrogens with zero attached hydrogens (tertiary/aromatic N) is 2. The number of aliphatic hydroxyl groups excluding tert-OH is 3. The third-order valence-corrected chi connectivity index (χ3v) is 9.35. The summed E-state index contributed by atoms with van der Waals surface area (Å²) in [5, 5.41) is 32.3. The van der Waals surface area contributed by atoms with Crippen molar-refractivity contribution in [3.63, 3.8) is 0 Å². The Hall–Kier alpha value is -4.88. The second-order valence-electron chi connectivity index (χ2n) is 14.2. The van der Waals surface area contributed by atoms with Crippen molar-refractivity contribution in [3.8, 4) is 0 Å². The fraction of sp³-hybridized carbons (Fsp3) is 0.429. The van der Waals surface area contributed by atoms with E-state index >= 15 is 0 Å². The third kappa shape index (κ3) is 11.8. The van der Waals surface area contributed by atoms with Gasteiger partial charge in [-0.3, -0.25) is 0 Å². The number of ether oxygens (including phenoxy) is 3. The van der Waals surface area contributed by atoms with Crippen LogP contribution in [0.3, 0.4) is 0 Å². The van der Waals surface area contributed by atoms with Crippen molar-refractivity contribution in [1.29, 1.82) is 0 Å². The maximum atomic E-state index is 13.2. The summed E-state index contributed by atoms with van der Waals surface area (Å²) in [5.74, 6) is -1.04. The molecule has 12 heteroatoms. The van der Waals surface area contributed by atoms with Gasteiger partial charge in [0, 0.05) is 29.7 Å². The Bertz CT molecular complexity index is 1790. The van der Waals surface area contributed by atoms with Gasteiger partial charge in [-0.15, -0.1) is 0 Å². The van der Waals surface area contributed by atoms with Crippen LogP contribution in [0.5, 0.6) is 0 Å². The van der Waals surface area contributed by atoms with Crippen LogP contribution in [0.15, 0.2) is 113 Å². The van der Waals surface area contributed by atoms with E-state index in [4.69, 9.17) is 23.0 Å². The van der Waals surface area contributed by atoms with Crippen LogP contribution in [0, 0.1) is 10.8 Å². The van der Waals surface area contributed by atoms with Crippen LogP contribution < -0.4 is 0 Å². The Labute approximate surface area is 316 Å². The van der Waals surface area contributed by atoms with E-state index in [-0.39, 0.29) is 41.8 Å². The number of carbonyl (C=O) groups excluding carboxylic acids is 2. The van der Waals surface area contributed by atoms with Crippen LogP contribution in [0.25, 0.3) is 6.08 Å². The molecule has 4 bridgehead atoms. The molecule has 1 fully saturated rings. The summed E-state index contributed by atoms with van der Waals surface area (Å²) >= 11 is 0. The highest BCUT2D eigenvalue weighted by Gasteiger charge is 2.40. The molecule has 7 atom stereocenters. The SMILES string of the molecule is CC=CC(O)C(C)(C)C1CC=CC=CC=CC(O)Cc2nc(co2)C(=O)OC(C(C)(C)C(O)C=CC)CC=CC2OC2C=CC=Cc2nc(co2)C(=O)O1.